The van der Waals surface area contributed by atoms with Gasteiger partial charge in [0.25, 0.3) is 11.6 Å². The first kappa shape index (κ1) is 17.5. The second kappa shape index (κ2) is 6.53. The fraction of sp³-hybridized carbons (Fsp3) is 0.529. The van der Waals surface area contributed by atoms with E-state index >= 15 is 0 Å². The number of hydrogen-bond acceptors (Lipinski definition) is 7. The number of hydrogen-bond donors (Lipinski definition) is 1. The average Bonchev–Trinajstić information content (AvgIpc) is 3.03. The first-order valence-corrected chi connectivity index (χ1v) is 8.31. The second-order valence-electron chi connectivity index (χ2n) is 7.40. The lowest BCUT2D eigenvalue weighted by Crippen LogP contribution is -2.44. The van der Waals surface area contributed by atoms with Gasteiger partial charge in [0, 0.05) is 36.8 Å². The summed E-state index contributed by atoms with van der Waals surface area (Å²) in [5, 5.41) is 18.9. The van der Waals surface area contributed by atoms with Crippen LogP contribution in [0.4, 0.5) is 5.69 Å². The fourth-order valence-electron chi connectivity index (χ4n) is 3.03. The number of nitro benzene ring substituents is 1. The molecule has 1 aliphatic heterocycles. The normalized spacial score (nSPS) is 19.1. The monoisotopic (exact) mass is 345 g/mol. The van der Waals surface area contributed by atoms with Crippen molar-refractivity contribution in [3.63, 3.8) is 0 Å². The maximum atomic E-state index is 11.5. The molecule has 2 heterocycles. The molecular formula is C17H23N5O3. The molecule has 1 aromatic carbocycles. The zero-order valence-electron chi connectivity index (χ0n) is 14.9. The number of rotatable bonds is 3. The Morgan fingerprint density at radius 1 is 1.40 bits per heavy atom. The standard InChI is InChI=1S/C17H23N5O3/c1-17(2,3)12-6-5-11(9-13(12)22(23)24)16-19-15(20-25-16)14-10-18-7-8-21(14)4/h5-6,9,14,18H,7-8,10H2,1-4H3. The van der Waals surface area contributed by atoms with Gasteiger partial charge in [0.1, 0.15) is 0 Å². The molecule has 0 spiro atoms. The Morgan fingerprint density at radius 2 is 2.16 bits per heavy atom. The van der Waals surface area contributed by atoms with Gasteiger partial charge in [0.15, 0.2) is 5.82 Å². The van der Waals surface area contributed by atoms with Crippen molar-refractivity contribution in [2.75, 3.05) is 26.7 Å². The molecule has 1 fully saturated rings. The van der Waals surface area contributed by atoms with E-state index in [0.717, 1.165) is 19.6 Å². The largest absolute Gasteiger partial charge is 0.334 e. The summed E-state index contributed by atoms with van der Waals surface area (Å²) in [6, 6.07) is 5.12. The predicted molar refractivity (Wildman–Crippen MR) is 93.3 cm³/mol. The summed E-state index contributed by atoms with van der Waals surface area (Å²) >= 11 is 0. The average molecular weight is 345 g/mol. The van der Waals surface area contributed by atoms with E-state index in [4.69, 9.17) is 4.52 Å². The lowest BCUT2D eigenvalue weighted by molar-refractivity contribution is -0.385. The Bertz CT molecular complexity index is 781. The van der Waals surface area contributed by atoms with E-state index in [1.54, 1.807) is 12.1 Å². The van der Waals surface area contributed by atoms with Gasteiger partial charge >= 0.3 is 0 Å². The third-order valence-electron chi connectivity index (χ3n) is 4.50. The van der Waals surface area contributed by atoms with E-state index < -0.39 is 0 Å². The number of benzene rings is 1. The Hall–Kier alpha value is -2.32. The van der Waals surface area contributed by atoms with Gasteiger partial charge in [0.2, 0.25) is 0 Å². The van der Waals surface area contributed by atoms with Crippen molar-refractivity contribution < 1.29 is 9.45 Å². The smallest absolute Gasteiger partial charge is 0.273 e. The summed E-state index contributed by atoms with van der Waals surface area (Å²) in [5.74, 6) is 0.893. The van der Waals surface area contributed by atoms with Gasteiger partial charge in [-0.25, -0.2) is 0 Å². The van der Waals surface area contributed by atoms with Crippen molar-refractivity contribution in [2.45, 2.75) is 32.2 Å². The minimum atomic E-state index is -0.361. The molecule has 0 aliphatic carbocycles. The summed E-state index contributed by atoms with van der Waals surface area (Å²) < 4.78 is 5.37. The van der Waals surface area contributed by atoms with Crippen LogP contribution < -0.4 is 5.32 Å². The van der Waals surface area contributed by atoms with E-state index in [1.807, 2.05) is 27.8 Å². The highest BCUT2D eigenvalue weighted by Crippen LogP contribution is 2.34. The third kappa shape index (κ3) is 3.54. The Labute approximate surface area is 146 Å². The molecule has 3 rings (SSSR count). The molecule has 1 unspecified atom stereocenters. The maximum absolute atomic E-state index is 11.5. The molecule has 1 aliphatic rings. The molecular weight excluding hydrogens is 322 g/mol. The van der Waals surface area contributed by atoms with Gasteiger partial charge in [-0.1, -0.05) is 32.0 Å². The van der Waals surface area contributed by atoms with Gasteiger partial charge in [-0.05, 0) is 18.5 Å². The van der Waals surface area contributed by atoms with Crippen LogP contribution in [0.1, 0.15) is 38.2 Å². The van der Waals surface area contributed by atoms with Crippen LogP contribution in [0, 0.1) is 10.1 Å². The predicted octanol–water partition coefficient (Wildman–Crippen LogP) is 2.52. The van der Waals surface area contributed by atoms with E-state index in [0.29, 0.717) is 22.8 Å². The zero-order chi connectivity index (χ0) is 18.2. The van der Waals surface area contributed by atoms with Crippen molar-refractivity contribution in [1.29, 1.82) is 0 Å². The quantitative estimate of drug-likeness (QED) is 0.674. The fourth-order valence-corrected chi connectivity index (χ4v) is 3.03. The van der Waals surface area contributed by atoms with Gasteiger partial charge in [0.05, 0.1) is 11.0 Å². The summed E-state index contributed by atoms with van der Waals surface area (Å²) in [7, 11) is 2.02. The number of aromatic nitrogens is 2. The number of nitro groups is 1. The lowest BCUT2D eigenvalue weighted by atomic mass is 9.85. The van der Waals surface area contributed by atoms with Gasteiger partial charge in [-0.3, -0.25) is 15.0 Å². The van der Waals surface area contributed by atoms with Crippen LogP contribution in [-0.4, -0.2) is 46.6 Å². The highest BCUT2D eigenvalue weighted by atomic mass is 16.6. The number of nitrogens with zero attached hydrogens (tertiary/aromatic N) is 4. The molecule has 2 aromatic rings. The molecule has 0 amide bonds. The summed E-state index contributed by atoms with van der Waals surface area (Å²) in [6.45, 7) is 8.43. The lowest BCUT2D eigenvalue weighted by Gasteiger charge is -2.30. The third-order valence-corrected chi connectivity index (χ3v) is 4.50. The Balaban J connectivity index is 1.95. The maximum Gasteiger partial charge on any atom is 0.273 e. The molecule has 0 saturated carbocycles. The first-order valence-electron chi connectivity index (χ1n) is 8.31. The SMILES string of the molecule is CN1CCNCC1c1noc(-c2ccc(C(C)(C)C)c([N+](=O)[O-])c2)n1. The van der Waals surface area contributed by atoms with E-state index in [2.05, 4.69) is 20.4 Å². The van der Waals surface area contributed by atoms with Crippen LogP contribution in [0.15, 0.2) is 22.7 Å². The summed E-state index contributed by atoms with van der Waals surface area (Å²) in [5.41, 5.74) is 0.987. The van der Waals surface area contributed by atoms with E-state index in [1.165, 1.54) is 6.07 Å². The molecule has 8 nitrogen and oxygen atoms in total. The first-order chi connectivity index (χ1) is 11.8. The molecule has 0 bridgehead atoms. The van der Waals surface area contributed by atoms with E-state index in [9.17, 15) is 10.1 Å². The molecule has 8 heteroatoms. The van der Waals surface area contributed by atoms with Crippen LogP contribution in [0.25, 0.3) is 11.5 Å². The molecule has 1 saturated heterocycles. The van der Waals surface area contributed by atoms with Crippen LogP contribution in [-0.2, 0) is 5.41 Å². The van der Waals surface area contributed by atoms with Crippen LogP contribution in [0.3, 0.4) is 0 Å². The molecule has 1 aromatic heterocycles. The molecule has 1 N–H and O–H groups in total. The van der Waals surface area contributed by atoms with Gasteiger partial charge in [-0.2, -0.15) is 4.98 Å². The minimum Gasteiger partial charge on any atom is -0.334 e. The van der Waals surface area contributed by atoms with E-state index in [-0.39, 0.29) is 22.1 Å². The van der Waals surface area contributed by atoms with Crippen molar-refractivity contribution in [1.82, 2.24) is 20.4 Å². The molecule has 134 valence electrons. The molecule has 0 radical (unpaired) electrons. The summed E-state index contributed by atoms with van der Waals surface area (Å²) in [6.07, 6.45) is 0. The van der Waals surface area contributed by atoms with Gasteiger partial charge in [-0.15, -0.1) is 0 Å². The Morgan fingerprint density at radius 3 is 2.80 bits per heavy atom. The second-order valence-corrected chi connectivity index (χ2v) is 7.40. The van der Waals surface area contributed by atoms with Crippen LogP contribution >= 0.6 is 0 Å². The topological polar surface area (TPSA) is 97.3 Å². The van der Waals surface area contributed by atoms with Crippen LogP contribution in [0.2, 0.25) is 0 Å². The minimum absolute atomic E-state index is 0.0371. The number of nitrogens with one attached hydrogen (secondary N) is 1. The summed E-state index contributed by atoms with van der Waals surface area (Å²) in [4.78, 5) is 17.7. The highest BCUT2D eigenvalue weighted by molar-refractivity contribution is 5.61. The molecule has 1 atom stereocenters. The van der Waals surface area contributed by atoms with Crippen LogP contribution in [0.5, 0.6) is 0 Å². The van der Waals surface area contributed by atoms with Crippen molar-refractivity contribution in [3.05, 3.63) is 39.7 Å². The number of likely N-dealkylation sites (N-methyl/N-ethyl adjacent to an activating group) is 1. The number of piperazine rings is 1. The van der Waals surface area contributed by atoms with Crippen molar-refractivity contribution >= 4 is 5.69 Å². The highest BCUT2D eigenvalue weighted by Gasteiger charge is 2.28. The van der Waals surface area contributed by atoms with Gasteiger partial charge < -0.3 is 9.84 Å². The van der Waals surface area contributed by atoms with Crippen molar-refractivity contribution in [2.24, 2.45) is 0 Å². The zero-order valence-corrected chi connectivity index (χ0v) is 14.9. The van der Waals surface area contributed by atoms with Crippen molar-refractivity contribution in [3.8, 4) is 11.5 Å². The molecule has 25 heavy (non-hydrogen) atoms. The Kier molecular flexibility index (Phi) is 4.57.